The number of anilines is 1. The third-order valence-electron chi connectivity index (χ3n) is 8.26. The third-order valence-corrected chi connectivity index (χ3v) is 9.87. The van der Waals surface area contributed by atoms with E-state index in [2.05, 4.69) is 0 Å². The topological polar surface area (TPSA) is 179 Å². The normalized spacial score (nSPS) is 18.0. The van der Waals surface area contributed by atoms with Crippen molar-refractivity contribution >= 4 is 49.8 Å². The standard InChI is InChI=1S/C31H36N2O10S2/c1-30(2)23-18-21(29(35)36)10-12-25(23)32(14-6-16-44(37,38)39)27(30)8-5-9-28-31(3,4)24-19-22(43-20-34)11-13-26(24)33(28)15-7-17-45(40,41)42/h5,8-13,18-20H,6-7,14-17H2,1-4H3,(H2-,35,36,37,38,39,40,41,42)/p+1. The van der Waals surface area contributed by atoms with Crippen molar-refractivity contribution in [2.24, 2.45) is 0 Å². The maximum Gasteiger partial charge on any atom is 0.335 e. The van der Waals surface area contributed by atoms with Crippen LogP contribution in [0.5, 0.6) is 5.75 Å². The number of benzene rings is 2. The van der Waals surface area contributed by atoms with Crippen molar-refractivity contribution < 1.29 is 49.9 Å². The Morgan fingerprint density at radius 2 is 1.60 bits per heavy atom. The van der Waals surface area contributed by atoms with E-state index in [1.165, 1.54) is 6.07 Å². The van der Waals surface area contributed by atoms with Crippen molar-refractivity contribution in [1.29, 1.82) is 0 Å². The Morgan fingerprint density at radius 3 is 2.22 bits per heavy atom. The lowest BCUT2D eigenvalue weighted by Gasteiger charge is -2.27. The van der Waals surface area contributed by atoms with E-state index in [1.54, 1.807) is 30.3 Å². The van der Waals surface area contributed by atoms with Crippen molar-refractivity contribution in [3.05, 3.63) is 77.0 Å². The summed E-state index contributed by atoms with van der Waals surface area (Å²) in [6, 6.07) is 9.98. The van der Waals surface area contributed by atoms with Gasteiger partial charge in [0.25, 0.3) is 26.7 Å². The van der Waals surface area contributed by atoms with Crippen molar-refractivity contribution in [2.75, 3.05) is 29.5 Å². The average molecular weight is 662 g/mol. The Hall–Kier alpha value is -3.85. The smallest absolute Gasteiger partial charge is 0.335 e. The number of rotatable bonds is 13. The molecule has 2 aromatic carbocycles. The van der Waals surface area contributed by atoms with Crippen molar-refractivity contribution in [3.63, 3.8) is 0 Å². The first kappa shape index (κ1) is 34.0. The molecule has 0 radical (unpaired) electrons. The van der Waals surface area contributed by atoms with E-state index in [0.29, 0.717) is 12.2 Å². The number of ether oxygens (including phenoxy) is 1. The van der Waals surface area contributed by atoms with Crippen LogP contribution in [-0.4, -0.2) is 78.4 Å². The molecule has 0 fully saturated rings. The van der Waals surface area contributed by atoms with Gasteiger partial charge in [-0.1, -0.05) is 19.9 Å². The molecule has 0 bridgehead atoms. The lowest BCUT2D eigenvalue weighted by atomic mass is 9.81. The number of nitrogens with zero attached hydrogens (tertiary/aromatic N) is 2. The van der Waals surface area contributed by atoms with Gasteiger partial charge in [0.05, 0.1) is 22.5 Å². The summed E-state index contributed by atoms with van der Waals surface area (Å²) in [5.41, 5.74) is 3.57. The van der Waals surface area contributed by atoms with Crippen LogP contribution in [0.2, 0.25) is 0 Å². The number of hydrogen-bond acceptors (Lipinski definition) is 8. The molecule has 0 saturated carbocycles. The van der Waals surface area contributed by atoms with Crippen LogP contribution in [0.4, 0.5) is 11.4 Å². The summed E-state index contributed by atoms with van der Waals surface area (Å²) in [5.74, 6) is -1.57. The molecule has 4 rings (SSSR count). The zero-order valence-electron chi connectivity index (χ0n) is 25.4. The van der Waals surface area contributed by atoms with Gasteiger partial charge in [0.15, 0.2) is 5.71 Å². The summed E-state index contributed by atoms with van der Waals surface area (Å²) in [7, 11) is -8.35. The number of allylic oxidation sites excluding steroid dienone is 4. The van der Waals surface area contributed by atoms with E-state index < -0.39 is 48.5 Å². The van der Waals surface area contributed by atoms with Gasteiger partial charge in [-0.15, -0.1) is 0 Å². The van der Waals surface area contributed by atoms with Crippen molar-refractivity contribution in [1.82, 2.24) is 0 Å². The molecular formula is C31H37N2O10S2+. The predicted octanol–water partition coefficient (Wildman–Crippen LogP) is 4.09. The van der Waals surface area contributed by atoms with Crippen molar-refractivity contribution in [3.8, 4) is 5.75 Å². The first-order valence-corrected chi connectivity index (χ1v) is 17.4. The molecule has 0 aromatic heterocycles. The van der Waals surface area contributed by atoms with Gasteiger partial charge in [0.2, 0.25) is 5.69 Å². The molecule has 2 heterocycles. The van der Waals surface area contributed by atoms with Crippen LogP contribution in [0.1, 0.15) is 62.0 Å². The molecule has 3 N–H and O–H groups in total. The molecule has 242 valence electrons. The molecule has 12 nitrogen and oxygen atoms in total. The lowest BCUT2D eigenvalue weighted by molar-refractivity contribution is -0.437. The van der Waals surface area contributed by atoms with Gasteiger partial charge < -0.3 is 14.7 Å². The molecule has 2 aliphatic rings. The van der Waals surface area contributed by atoms with E-state index in [9.17, 15) is 40.6 Å². The highest BCUT2D eigenvalue weighted by molar-refractivity contribution is 7.86. The predicted molar refractivity (Wildman–Crippen MR) is 169 cm³/mol. The highest BCUT2D eigenvalue weighted by atomic mass is 32.2. The largest absolute Gasteiger partial charge is 0.478 e. The molecule has 0 atom stereocenters. The summed E-state index contributed by atoms with van der Waals surface area (Å²) in [4.78, 5) is 24.6. The van der Waals surface area contributed by atoms with E-state index in [4.69, 9.17) is 4.74 Å². The van der Waals surface area contributed by atoms with Gasteiger partial charge in [-0.2, -0.15) is 21.4 Å². The Balaban J connectivity index is 1.78. The van der Waals surface area contributed by atoms with Gasteiger partial charge in [0, 0.05) is 47.5 Å². The number of fused-ring (bicyclic) bond motifs is 2. The number of hydrogen-bond donors (Lipinski definition) is 3. The minimum atomic E-state index is -4.18. The fraction of sp³-hybridized carbons (Fsp3) is 0.387. The van der Waals surface area contributed by atoms with Gasteiger partial charge >= 0.3 is 5.97 Å². The molecular weight excluding hydrogens is 624 g/mol. The van der Waals surface area contributed by atoms with Gasteiger partial charge in [-0.05, 0) is 62.2 Å². The second-order valence-electron chi connectivity index (χ2n) is 12.1. The van der Waals surface area contributed by atoms with Crippen LogP contribution in [0, 0.1) is 0 Å². The summed E-state index contributed by atoms with van der Waals surface area (Å²) >= 11 is 0. The van der Waals surface area contributed by atoms with Gasteiger partial charge in [0.1, 0.15) is 12.3 Å². The number of aromatic carboxylic acids is 1. The van der Waals surface area contributed by atoms with Crippen LogP contribution in [-0.2, 0) is 35.9 Å². The van der Waals surface area contributed by atoms with Crippen LogP contribution >= 0.6 is 0 Å². The molecule has 2 aromatic rings. The monoisotopic (exact) mass is 661 g/mol. The molecule has 0 unspecified atom stereocenters. The fourth-order valence-corrected chi connectivity index (χ4v) is 7.10. The van der Waals surface area contributed by atoms with Gasteiger partial charge in [-0.25, -0.2) is 4.79 Å². The Bertz CT molecular complexity index is 1840. The van der Waals surface area contributed by atoms with Crippen molar-refractivity contribution in [2.45, 2.75) is 51.4 Å². The first-order chi connectivity index (χ1) is 20.9. The molecule has 0 aliphatic carbocycles. The number of carboxylic acids is 1. The Labute approximate surface area is 262 Å². The summed E-state index contributed by atoms with van der Waals surface area (Å²) in [5, 5.41) is 9.60. The SMILES string of the molecule is CC1(C)C(/C=C/C=C2/N(CCCS(=O)(=O)O)c3ccc(C(=O)O)cc3C2(C)C)=[N+](CCCS(=O)(=O)O)c2ccc(OC=O)cc21. The van der Waals surface area contributed by atoms with E-state index >= 15 is 0 Å². The molecule has 45 heavy (non-hydrogen) atoms. The third kappa shape index (κ3) is 7.35. The Kier molecular flexibility index (Phi) is 9.46. The van der Waals surface area contributed by atoms with Crippen LogP contribution in [0.25, 0.3) is 0 Å². The zero-order chi connectivity index (χ0) is 33.4. The quantitative estimate of drug-likeness (QED) is 0.160. The number of carbonyl (C=O) groups excluding carboxylic acids is 1. The number of carbonyl (C=O) groups is 2. The highest BCUT2D eigenvalue weighted by Crippen LogP contribution is 2.48. The second-order valence-corrected chi connectivity index (χ2v) is 15.2. The maximum absolute atomic E-state index is 11.7. The summed E-state index contributed by atoms with van der Waals surface area (Å²) < 4.78 is 71.4. The Morgan fingerprint density at radius 1 is 0.933 bits per heavy atom. The minimum absolute atomic E-state index is 0.121. The van der Waals surface area contributed by atoms with E-state index in [0.717, 1.165) is 33.9 Å². The molecule has 0 spiro atoms. The van der Waals surface area contributed by atoms with Crippen LogP contribution < -0.4 is 9.64 Å². The molecule has 0 saturated heterocycles. The summed E-state index contributed by atoms with van der Waals surface area (Å²) in [6.45, 7) is 8.71. The number of carboxylic acid groups (broad SMARTS) is 1. The first-order valence-electron chi connectivity index (χ1n) is 14.2. The van der Waals surface area contributed by atoms with E-state index in [-0.39, 0.29) is 31.5 Å². The molecule has 0 amide bonds. The zero-order valence-corrected chi connectivity index (χ0v) is 27.1. The summed E-state index contributed by atoms with van der Waals surface area (Å²) in [6.07, 6.45) is 5.87. The van der Waals surface area contributed by atoms with Gasteiger partial charge in [-0.3, -0.25) is 13.9 Å². The highest BCUT2D eigenvalue weighted by Gasteiger charge is 2.45. The van der Waals surface area contributed by atoms with Crippen LogP contribution in [0.15, 0.2) is 60.3 Å². The van der Waals surface area contributed by atoms with E-state index in [1.807, 2.05) is 55.4 Å². The lowest BCUT2D eigenvalue weighted by Crippen LogP contribution is -2.29. The molecule has 14 heteroatoms. The second kappa shape index (κ2) is 12.5. The molecule has 2 aliphatic heterocycles. The average Bonchev–Trinajstić information content (AvgIpc) is 3.26. The maximum atomic E-state index is 11.7. The minimum Gasteiger partial charge on any atom is -0.478 e. The van der Waals surface area contributed by atoms with Crippen LogP contribution in [0.3, 0.4) is 0 Å². The fourth-order valence-electron chi connectivity index (χ4n) is 6.11.